The normalized spacial score (nSPS) is 6.40. The lowest BCUT2D eigenvalue weighted by Gasteiger charge is -1.89. The molecule has 0 aromatic rings. The summed E-state index contributed by atoms with van der Waals surface area (Å²) >= 11 is 0. The third-order valence-corrected chi connectivity index (χ3v) is 0.240. The van der Waals surface area contributed by atoms with Crippen LogP contribution in [-0.4, -0.2) is 16.2 Å². The molecule has 0 bridgehead atoms. The molecular formula is CH8N6O3. The molecule has 0 aliphatic heterocycles. The van der Waals surface area contributed by atoms with E-state index < -0.39 is 5.02 Å². The van der Waals surface area contributed by atoms with Gasteiger partial charge in [-0.3, -0.25) is 17.3 Å². The van der Waals surface area contributed by atoms with E-state index in [1.165, 1.54) is 0 Å². The molecule has 9 heteroatoms. The quantitative estimate of drug-likeness (QED) is 0.0777. The highest BCUT2D eigenvalue weighted by Crippen LogP contribution is 1.57. The molecule has 9 nitrogen and oxygen atoms in total. The molecule has 0 aromatic carbocycles. The Morgan fingerprint density at radius 2 is 1.70 bits per heavy atom. The van der Waals surface area contributed by atoms with Gasteiger partial charge in [0, 0.05) is 0 Å². The van der Waals surface area contributed by atoms with Crippen molar-refractivity contribution in [2.45, 2.75) is 0 Å². The summed E-state index contributed by atoms with van der Waals surface area (Å²) in [7, 11) is 0. The van der Waals surface area contributed by atoms with Gasteiger partial charge in [-0.2, -0.15) is 5.10 Å². The maximum Gasteiger partial charge on any atom is 0.360 e. The van der Waals surface area contributed by atoms with Crippen LogP contribution in [0, 0.1) is 10.4 Å². The first-order valence-electron chi connectivity index (χ1n) is 1.88. The molecule has 0 rings (SSSR count). The number of guanidine groups is 1. The molecule has 0 saturated heterocycles. The average molecular weight is 152 g/mol. The summed E-state index contributed by atoms with van der Waals surface area (Å²) in [4.78, 5) is 0. The largest absolute Gasteiger partial charge is 0.585 e. The Bertz CT molecular complexity index is 105. The van der Waals surface area contributed by atoms with Gasteiger partial charge >= 0.3 is 5.96 Å². The summed E-state index contributed by atoms with van der Waals surface area (Å²) in [6.07, 6.45) is 0. The van der Waals surface area contributed by atoms with Gasteiger partial charge in [0.2, 0.25) is 5.28 Å². The van der Waals surface area contributed by atoms with Crippen molar-refractivity contribution in [3.05, 3.63) is 10.4 Å². The van der Waals surface area contributed by atoms with Crippen LogP contribution in [0.4, 0.5) is 0 Å². The van der Waals surface area contributed by atoms with Crippen molar-refractivity contribution in [2.75, 3.05) is 0 Å². The predicted octanol–water partition coefficient (Wildman–Crippen LogP) is -3.95. The van der Waals surface area contributed by atoms with Crippen molar-refractivity contribution in [3.8, 4) is 0 Å². The second kappa shape index (κ2) is 7.07. The van der Waals surface area contributed by atoms with Crippen LogP contribution in [0.15, 0.2) is 5.28 Å². The van der Waals surface area contributed by atoms with E-state index in [0.717, 1.165) is 0 Å². The smallest absolute Gasteiger partial charge is 0.360 e. The van der Waals surface area contributed by atoms with E-state index in [4.69, 9.17) is 27.1 Å². The first-order chi connectivity index (χ1) is 4.54. The second-order valence-electron chi connectivity index (χ2n) is 0.927. The number of nitrogens with one attached hydrogen (secondary N) is 1. The Balaban J connectivity index is 0. The van der Waals surface area contributed by atoms with Crippen LogP contribution < -0.4 is 22.4 Å². The first-order valence-corrected chi connectivity index (χ1v) is 1.88. The highest BCUT2D eigenvalue weighted by molar-refractivity contribution is 5.68. The van der Waals surface area contributed by atoms with E-state index in [2.05, 4.69) is 5.84 Å². The Morgan fingerprint density at radius 1 is 1.50 bits per heavy atom. The predicted molar refractivity (Wildman–Crippen MR) is 29.7 cm³/mol. The third-order valence-electron chi connectivity index (χ3n) is 0.240. The fourth-order valence-electron chi connectivity index (χ4n) is 0. The standard InChI is InChI=1S/CH6N4.HN2O3/c2-1(3)5-4;3-1-2(4)5/h4H2,(H4,2,3,5);(H-,1,3,4,5)/q;-1/p+1. The highest BCUT2D eigenvalue weighted by atomic mass is 16.8. The summed E-state index contributed by atoms with van der Waals surface area (Å²) in [6, 6.07) is 0. The van der Waals surface area contributed by atoms with Crippen molar-refractivity contribution >= 4 is 5.96 Å². The Kier molecular flexibility index (Phi) is 7.74. The molecule has 0 aliphatic carbocycles. The second-order valence-corrected chi connectivity index (χ2v) is 0.927. The van der Waals surface area contributed by atoms with Gasteiger partial charge in [0.05, 0.1) is 0 Å². The van der Waals surface area contributed by atoms with Gasteiger partial charge in [0.25, 0.3) is 0 Å². The molecule has 0 fully saturated rings. The molecule has 0 radical (unpaired) electrons. The number of hydrazone groups is 1. The Morgan fingerprint density at radius 3 is 1.70 bits per heavy atom. The van der Waals surface area contributed by atoms with Gasteiger partial charge in [-0.15, -0.1) is 0 Å². The van der Waals surface area contributed by atoms with Crippen molar-refractivity contribution in [1.29, 1.82) is 0 Å². The number of hydrogen-bond donors (Lipinski definition) is 5. The van der Waals surface area contributed by atoms with Crippen molar-refractivity contribution in [1.82, 2.24) is 0 Å². The molecule has 0 unspecified atom stereocenters. The van der Waals surface area contributed by atoms with E-state index in [0.29, 0.717) is 0 Å². The lowest BCUT2D eigenvalue weighted by atomic mass is 11.1. The average Bonchev–Trinajstić information content (AvgIpc) is 1.89. The molecule has 0 aromatic heterocycles. The van der Waals surface area contributed by atoms with E-state index in [9.17, 15) is 0 Å². The molecule has 0 spiro atoms. The molecule has 0 amide bonds. The lowest BCUT2D eigenvalue weighted by Crippen LogP contribution is -2.84. The van der Waals surface area contributed by atoms with Gasteiger partial charge in [0.1, 0.15) is 0 Å². The summed E-state index contributed by atoms with van der Waals surface area (Å²) < 4.78 is 0. The third kappa shape index (κ3) is 36.4. The molecule has 0 atom stereocenters. The lowest BCUT2D eigenvalue weighted by molar-refractivity contribution is -0.489. The van der Waals surface area contributed by atoms with E-state index in [1.807, 2.05) is 5.10 Å². The Hall–Kier alpha value is -1.93. The molecule has 60 valence electrons. The van der Waals surface area contributed by atoms with Crippen LogP contribution in [0.3, 0.4) is 0 Å². The maximum atomic E-state index is 8.76. The first kappa shape index (κ1) is 10.9. The SMILES string of the molecule is N[NH+]=C(N)N.[O-][N+]([O-])=NO. The van der Waals surface area contributed by atoms with E-state index >= 15 is 0 Å². The van der Waals surface area contributed by atoms with Crippen molar-refractivity contribution in [2.24, 2.45) is 22.6 Å². The van der Waals surface area contributed by atoms with Crippen LogP contribution in [0.2, 0.25) is 0 Å². The molecule has 0 heterocycles. The molecule has 0 saturated carbocycles. The number of rotatable bonds is 0. The zero-order chi connectivity index (χ0) is 8.57. The number of hydrazine groups is 1. The number of nitrogens with zero attached hydrogens (tertiary/aromatic N) is 2. The van der Waals surface area contributed by atoms with Gasteiger partial charge in [0.15, 0.2) is 0 Å². The highest BCUT2D eigenvalue weighted by Gasteiger charge is 1.72. The van der Waals surface area contributed by atoms with Crippen molar-refractivity contribution in [3.63, 3.8) is 0 Å². The zero-order valence-corrected chi connectivity index (χ0v) is 4.89. The molecule has 8 N–H and O–H groups in total. The number of hydrogen-bond acceptors (Lipinski definition) is 4. The Labute approximate surface area is 55.5 Å². The van der Waals surface area contributed by atoms with Crippen molar-refractivity contribution < 1.29 is 15.3 Å². The molecular weight excluding hydrogens is 144 g/mol. The molecule has 0 aliphatic rings. The van der Waals surface area contributed by atoms with E-state index in [1.54, 1.807) is 5.28 Å². The number of nitrogens with two attached hydrogens (primary N) is 3. The summed E-state index contributed by atoms with van der Waals surface area (Å²) in [6.45, 7) is 0. The topological polar surface area (TPSA) is 174 Å². The minimum Gasteiger partial charge on any atom is -0.585 e. The van der Waals surface area contributed by atoms with E-state index in [-0.39, 0.29) is 5.96 Å². The van der Waals surface area contributed by atoms with Crippen LogP contribution in [-0.2, 0) is 0 Å². The minimum atomic E-state index is -1.19. The van der Waals surface area contributed by atoms with Crippen LogP contribution in [0.1, 0.15) is 0 Å². The van der Waals surface area contributed by atoms with Gasteiger partial charge < -0.3 is 15.6 Å². The maximum absolute atomic E-state index is 8.76. The van der Waals surface area contributed by atoms with Gasteiger partial charge in [-0.1, -0.05) is 0 Å². The zero-order valence-electron chi connectivity index (χ0n) is 4.89. The van der Waals surface area contributed by atoms with Crippen LogP contribution in [0.25, 0.3) is 0 Å². The molecule has 10 heavy (non-hydrogen) atoms. The summed E-state index contributed by atoms with van der Waals surface area (Å²) in [5.74, 6) is 4.67. The van der Waals surface area contributed by atoms with Crippen LogP contribution in [0.5, 0.6) is 0 Å². The fourth-order valence-corrected chi connectivity index (χ4v) is 0. The van der Waals surface area contributed by atoms with Gasteiger partial charge in [-0.05, 0) is 5.02 Å². The monoisotopic (exact) mass is 152 g/mol. The fraction of sp³-hybridized carbons (Fsp3) is 0. The summed E-state index contributed by atoms with van der Waals surface area (Å²) in [5, 5.41) is 27.0. The van der Waals surface area contributed by atoms with Gasteiger partial charge in [-0.25, -0.2) is 0 Å². The van der Waals surface area contributed by atoms with Crippen LogP contribution >= 0.6 is 0 Å². The summed E-state index contributed by atoms with van der Waals surface area (Å²) in [5.41, 5.74) is 9.50. The minimum absolute atomic E-state index is 0.0324.